The highest BCUT2D eigenvalue weighted by Gasteiger charge is 2.20. The highest BCUT2D eigenvalue weighted by molar-refractivity contribution is 5.45. The van der Waals surface area contributed by atoms with Crippen molar-refractivity contribution >= 4 is 11.5 Å². The molecule has 2 N–H and O–H groups in total. The number of anilines is 1. The molecule has 1 saturated heterocycles. The van der Waals surface area contributed by atoms with E-state index in [1.165, 1.54) is 10.9 Å². The van der Waals surface area contributed by atoms with Crippen molar-refractivity contribution < 1.29 is 0 Å². The number of aromatic nitrogens is 4. The molecule has 20 heavy (non-hydrogen) atoms. The first-order chi connectivity index (χ1) is 9.78. The molecule has 2 aromatic heterocycles. The summed E-state index contributed by atoms with van der Waals surface area (Å²) < 4.78 is 1.32. The zero-order chi connectivity index (χ0) is 13.9. The van der Waals surface area contributed by atoms with E-state index in [9.17, 15) is 4.79 Å². The Morgan fingerprint density at radius 1 is 1.40 bits per heavy atom. The molecule has 0 atom stereocenters. The van der Waals surface area contributed by atoms with Crippen LogP contribution in [0.4, 0.5) is 5.82 Å². The van der Waals surface area contributed by atoms with Crippen LogP contribution in [0, 0.1) is 0 Å². The van der Waals surface area contributed by atoms with Gasteiger partial charge in [0, 0.05) is 19.1 Å². The maximum absolute atomic E-state index is 11.5. The fourth-order valence-corrected chi connectivity index (χ4v) is 2.62. The zero-order valence-corrected chi connectivity index (χ0v) is 11.7. The molecule has 0 amide bonds. The fourth-order valence-electron chi connectivity index (χ4n) is 2.62. The maximum atomic E-state index is 11.5. The van der Waals surface area contributed by atoms with Gasteiger partial charge in [0.1, 0.15) is 5.82 Å². The number of rotatable bonds is 4. The summed E-state index contributed by atoms with van der Waals surface area (Å²) in [4.78, 5) is 13.8. The van der Waals surface area contributed by atoms with Crippen LogP contribution in [-0.2, 0) is 0 Å². The standard InChI is InChI=1S/C13H20N6O/c1-2-7-14-10-5-8-18(9-6-10)12-4-3-11-15-16-13(20)19(11)17-12/h3-4,10,14H,2,5-9H2,1H3,(H,16,20). The van der Waals surface area contributed by atoms with Crippen molar-refractivity contribution in [1.82, 2.24) is 25.1 Å². The van der Waals surface area contributed by atoms with Crippen molar-refractivity contribution in [2.75, 3.05) is 24.5 Å². The predicted molar refractivity (Wildman–Crippen MR) is 77.1 cm³/mol. The minimum absolute atomic E-state index is 0.290. The summed E-state index contributed by atoms with van der Waals surface area (Å²) in [5.74, 6) is 0.843. The molecule has 7 heteroatoms. The topological polar surface area (TPSA) is 78.3 Å². The molecule has 7 nitrogen and oxygen atoms in total. The second kappa shape index (κ2) is 5.62. The minimum Gasteiger partial charge on any atom is -0.355 e. The number of hydrogen-bond acceptors (Lipinski definition) is 5. The molecule has 1 fully saturated rings. The highest BCUT2D eigenvalue weighted by Crippen LogP contribution is 2.17. The highest BCUT2D eigenvalue weighted by atomic mass is 16.2. The van der Waals surface area contributed by atoms with Crippen LogP contribution in [0.3, 0.4) is 0 Å². The lowest BCUT2D eigenvalue weighted by Crippen LogP contribution is -2.43. The summed E-state index contributed by atoms with van der Waals surface area (Å²) in [6.07, 6.45) is 3.39. The Morgan fingerprint density at radius 3 is 2.95 bits per heavy atom. The van der Waals surface area contributed by atoms with Gasteiger partial charge in [-0.15, -0.1) is 5.10 Å². The Hall–Kier alpha value is -1.89. The minimum atomic E-state index is -0.290. The fraction of sp³-hybridized carbons (Fsp3) is 0.615. The largest absolute Gasteiger partial charge is 0.364 e. The third-order valence-electron chi connectivity index (χ3n) is 3.76. The number of H-pyrrole nitrogens is 1. The van der Waals surface area contributed by atoms with Gasteiger partial charge in [-0.3, -0.25) is 0 Å². The van der Waals surface area contributed by atoms with Gasteiger partial charge in [0.2, 0.25) is 0 Å². The molecule has 0 bridgehead atoms. The number of piperidine rings is 1. The van der Waals surface area contributed by atoms with Crippen LogP contribution in [0.1, 0.15) is 26.2 Å². The van der Waals surface area contributed by atoms with Crippen LogP contribution in [0.2, 0.25) is 0 Å². The molecule has 0 aliphatic carbocycles. The Balaban J connectivity index is 1.70. The van der Waals surface area contributed by atoms with Crippen molar-refractivity contribution in [2.24, 2.45) is 0 Å². The van der Waals surface area contributed by atoms with E-state index in [0.717, 1.165) is 38.3 Å². The molecule has 0 unspecified atom stereocenters. The Bertz CT molecular complexity index is 625. The number of fused-ring (bicyclic) bond motifs is 1. The van der Waals surface area contributed by atoms with Gasteiger partial charge in [0.05, 0.1) is 0 Å². The lowest BCUT2D eigenvalue weighted by Gasteiger charge is -2.33. The first kappa shape index (κ1) is 13.1. The average Bonchev–Trinajstić information content (AvgIpc) is 2.87. The molecular formula is C13H20N6O. The number of nitrogens with zero attached hydrogens (tertiary/aromatic N) is 4. The van der Waals surface area contributed by atoms with Gasteiger partial charge in [-0.1, -0.05) is 6.92 Å². The van der Waals surface area contributed by atoms with Gasteiger partial charge >= 0.3 is 5.69 Å². The quantitative estimate of drug-likeness (QED) is 0.844. The van der Waals surface area contributed by atoms with Crippen LogP contribution < -0.4 is 15.9 Å². The molecule has 2 aromatic rings. The number of aromatic amines is 1. The molecular weight excluding hydrogens is 256 g/mol. The van der Waals surface area contributed by atoms with Gasteiger partial charge in [-0.25, -0.2) is 9.89 Å². The van der Waals surface area contributed by atoms with Crippen LogP contribution >= 0.6 is 0 Å². The SMILES string of the molecule is CCCNC1CCN(c2ccc3n[nH]c(=O)n3n2)CC1. The van der Waals surface area contributed by atoms with Gasteiger partial charge in [-0.05, 0) is 37.9 Å². The summed E-state index contributed by atoms with van der Waals surface area (Å²) in [7, 11) is 0. The van der Waals surface area contributed by atoms with Crippen molar-refractivity contribution in [1.29, 1.82) is 0 Å². The van der Waals surface area contributed by atoms with E-state index in [4.69, 9.17) is 0 Å². The average molecular weight is 276 g/mol. The van der Waals surface area contributed by atoms with Crippen molar-refractivity contribution in [3.05, 3.63) is 22.6 Å². The third-order valence-corrected chi connectivity index (χ3v) is 3.76. The van der Waals surface area contributed by atoms with Crippen LogP contribution in [0.5, 0.6) is 0 Å². The second-order valence-electron chi connectivity index (χ2n) is 5.21. The summed E-state index contributed by atoms with van der Waals surface area (Å²) in [5, 5.41) is 14.2. The summed E-state index contributed by atoms with van der Waals surface area (Å²) >= 11 is 0. The van der Waals surface area contributed by atoms with E-state index in [1.54, 1.807) is 0 Å². The van der Waals surface area contributed by atoms with Gasteiger partial charge in [0.15, 0.2) is 5.65 Å². The summed E-state index contributed by atoms with van der Waals surface area (Å²) in [6, 6.07) is 4.35. The van der Waals surface area contributed by atoms with E-state index in [-0.39, 0.29) is 5.69 Å². The van der Waals surface area contributed by atoms with Gasteiger partial charge in [0.25, 0.3) is 0 Å². The Morgan fingerprint density at radius 2 is 2.20 bits per heavy atom. The van der Waals surface area contributed by atoms with E-state index in [1.807, 2.05) is 12.1 Å². The molecule has 1 aliphatic heterocycles. The van der Waals surface area contributed by atoms with Crippen LogP contribution in [0.25, 0.3) is 5.65 Å². The molecule has 3 heterocycles. The molecule has 0 saturated carbocycles. The van der Waals surface area contributed by atoms with E-state index in [0.29, 0.717) is 11.7 Å². The summed E-state index contributed by atoms with van der Waals surface area (Å²) in [6.45, 7) is 5.20. The van der Waals surface area contributed by atoms with Crippen LogP contribution in [0.15, 0.2) is 16.9 Å². The van der Waals surface area contributed by atoms with E-state index in [2.05, 4.69) is 32.4 Å². The monoisotopic (exact) mass is 276 g/mol. The molecule has 1 aliphatic rings. The number of hydrogen-bond donors (Lipinski definition) is 2. The van der Waals surface area contributed by atoms with Gasteiger partial charge < -0.3 is 10.2 Å². The van der Waals surface area contributed by atoms with Crippen LogP contribution in [-0.4, -0.2) is 45.5 Å². The zero-order valence-electron chi connectivity index (χ0n) is 11.7. The Labute approximate surface area is 117 Å². The third kappa shape index (κ3) is 2.53. The first-order valence-electron chi connectivity index (χ1n) is 7.20. The van der Waals surface area contributed by atoms with Crippen molar-refractivity contribution in [3.8, 4) is 0 Å². The van der Waals surface area contributed by atoms with Crippen molar-refractivity contribution in [3.63, 3.8) is 0 Å². The Kier molecular flexibility index (Phi) is 3.68. The lowest BCUT2D eigenvalue weighted by molar-refractivity contribution is 0.414. The normalized spacial score (nSPS) is 16.9. The molecule has 108 valence electrons. The van der Waals surface area contributed by atoms with E-state index < -0.39 is 0 Å². The number of nitrogens with one attached hydrogen (secondary N) is 2. The first-order valence-corrected chi connectivity index (χ1v) is 7.20. The van der Waals surface area contributed by atoms with Gasteiger partial charge in [-0.2, -0.15) is 9.61 Å². The lowest BCUT2D eigenvalue weighted by atomic mass is 10.1. The summed E-state index contributed by atoms with van der Waals surface area (Å²) in [5.41, 5.74) is 0.264. The molecule has 0 radical (unpaired) electrons. The molecule has 3 rings (SSSR count). The maximum Gasteiger partial charge on any atom is 0.364 e. The van der Waals surface area contributed by atoms with Crippen molar-refractivity contribution in [2.45, 2.75) is 32.2 Å². The molecule has 0 spiro atoms. The predicted octanol–water partition coefficient (Wildman–Crippen LogP) is 0.386. The smallest absolute Gasteiger partial charge is 0.355 e. The second-order valence-corrected chi connectivity index (χ2v) is 5.21. The molecule has 0 aromatic carbocycles. The van der Waals surface area contributed by atoms with E-state index >= 15 is 0 Å².